The molecule has 2 amide bonds. The van der Waals surface area contributed by atoms with Gasteiger partial charge in [-0.3, -0.25) is 19.8 Å². The van der Waals surface area contributed by atoms with Crippen LogP contribution < -0.4 is 16.6 Å². The van der Waals surface area contributed by atoms with Gasteiger partial charge >= 0.3 is 5.91 Å². The van der Waals surface area contributed by atoms with Crippen molar-refractivity contribution in [3.63, 3.8) is 0 Å². The summed E-state index contributed by atoms with van der Waals surface area (Å²) in [5, 5.41) is 2.64. The summed E-state index contributed by atoms with van der Waals surface area (Å²) in [4.78, 5) is 34.9. The van der Waals surface area contributed by atoms with Gasteiger partial charge in [-0.2, -0.15) is 0 Å². The summed E-state index contributed by atoms with van der Waals surface area (Å²) in [6.07, 6.45) is 4.80. The smallest absolute Gasteiger partial charge is 0.303 e. The third-order valence-electron chi connectivity index (χ3n) is 2.97. The Morgan fingerprint density at radius 2 is 1.75 bits per heavy atom. The second kappa shape index (κ2) is 10.4. The molecule has 0 aromatic rings. The van der Waals surface area contributed by atoms with E-state index in [4.69, 9.17) is 5.84 Å². The minimum absolute atomic E-state index is 0.190. The van der Waals surface area contributed by atoms with Crippen LogP contribution in [-0.4, -0.2) is 23.6 Å². The van der Waals surface area contributed by atoms with Crippen LogP contribution in [-0.2, 0) is 14.4 Å². The molecule has 0 fully saturated rings. The lowest BCUT2D eigenvalue weighted by atomic mass is 9.99. The monoisotopic (exact) mass is 285 g/mol. The molecule has 6 nitrogen and oxygen atoms in total. The molecule has 0 saturated carbocycles. The molecule has 116 valence electrons. The number of hydrazine groups is 1. The molecule has 20 heavy (non-hydrogen) atoms. The van der Waals surface area contributed by atoms with Crippen molar-refractivity contribution in [1.29, 1.82) is 0 Å². The summed E-state index contributed by atoms with van der Waals surface area (Å²) >= 11 is 0. The Hall–Kier alpha value is -1.43. The molecule has 0 aliphatic rings. The summed E-state index contributed by atoms with van der Waals surface area (Å²) in [7, 11) is 0. The van der Waals surface area contributed by atoms with Crippen molar-refractivity contribution in [2.45, 2.75) is 65.3 Å². The minimum atomic E-state index is -0.873. The summed E-state index contributed by atoms with van der Waals surface area (Å²) in [6, 6.07) is -0.794. The van der Waals surface area contributed by atoms with E-state index in [0.717, 1.165) is 25.7 Å². The van der Waals surface area contributed by atoms with Crippen LogP contribution in [0.5, 0.6) is 0 Å². The Bertz CT molecular complexity index is 330. The molecule has 0 saturated heterocycles. The van der Waals surface area contributed by atoms with Crippen LogP contribution in [0.4, 0.5) is 0 Å². The number of rotatable bonds is 10. The molecular weight excluding hydrogens is 258 g/mol. The number of nitrogens with two attached hydrogens (primary N) is 1. The number of Topliss-reactive ketones (excluding diaryl/α,β-unsaturated/α-hetero) is 1. The van der Waals surface area contributed by atoms with Gasteiger partial charge in [-0.05, 0) is 18.8 Å². The first kappa shape index (κ1) is 18.6. The van der Waals surface area contributed by atoms with Crippen molar-refractivity contribution in [3.05, 3.63) is 0 Å². The quantitative estimate of drug-likeness (QED) is 0.183. The van der Waals surface area contributed by atoms with Crippen LogP contribution in [0, 0.1) is 5.92 Å². The fourth-order valence-electron chi connectivity index (χ4n) is 1.91. The number of unbranched alkanes of at least 4 members (excludes halogenated alkanes) is 3. The molecule has 0 radical (unpaired) electrons. The van der Waals surface area contributed by atoms with Gasteiger partial charge in [0, 0.05) is 6.42 Å². The Kier molecular flexibility index (Phi) is 9.63. The van der Waals surface area contributed by atoms with Crippen LogP contribution in [0.1, 0.15) is 59.3 Å². The lowest BCUT2D eigenvalue weighted by Gasteiger charge is -2.18. The topological polar surface area (TPSA) is 101 Å². The largest absolute Gasteiger partial charge is 0.346 e. The van der Waals surface area contributed by atoms with Gasteiger partial charge < -0.3 is 5.32 Å². The number of hydrogen-bond acceptors (Lipinski definition) is 4. The van der Waals surface area contributed by atoms with Gasteiger partial charge in [0.2, 0.25) is 11.7 Å². The van der Waals surface area contributed by atoms with E-state index < -0.39 is 17.7 Å². The second-order valence-electron chi connectivity index (χ2n) is 5.40. The maximum absolute atomic E-state index is 11.8. The SMILES string of the molecule is CCCCCCC(=O)NC(CC(C)C)C(=O)C(=O)NN. The molecule has 1 atom stereocenters. The van der Waals surface area contributed by atoms with Gasteiger partial charge in [0.1, 0.15) is 0 Å². The minimum Gasteiger partial charge on any atom is -0.346 e. The molecule has 0 aliphatic heterocycles. The maximum Gasteiger partial charge on any atom is 0.303 e. The van der Waals surface area contributed by atoms with Crippen LogP contribution in [0.3, 0.4) is 0 Å². The van der Waals surface area contributed by atoms with E-state index in [1.165, 1.54) is 0 Å². The van der Waals surface area contributed by atoms with E-state index in [2.05, 4.69) is 12.2 Å². The average Bonchev–Trinajstić information content (AvgIpc) is 2.40. The number of nitrogens with one attached hydrogen (secondary N) is 2. The van der Waals surface area contributed by atoms with E-state index in [-0.39, 0.29) is 11.8 Å². The van der Waals surface area contributed by atoms with Crippen molar-refractivity contribution in [1.82, 2.24) is 10.7 Å². The van der Waals surface area contributed by atoms with Crippen molar-refractivity contribution >= 4 is 17.6 Å². The van der Waals surface area contributed by atoms with Gasteiger partial charge in [-0.1, -0.05) is 40.0 Å². The number of carbonyl (C=O) groups is 3. The number of ketones is 1. The highest BCUT2D eigenvalue weighted by molar-refractivity contribution is 6.38. The summed E-state index contributed by atoms with van der Waals surface area (Å²) in [5.41, 5.74) is 1.81. The fraction of sp³-hybridized carbons (Fsp3) is 0.786. The van der Waals surface area contributed by atoms with E-state index in [9.17, 15) is 14.4 Å². The van der Waals surface area contributed by atoms with Gasteiger partial charge in [-0.25, -0.2) is 5.84 Å². The van der Waals surface area contributed by atoms with Crippen LogP contribution >= 0.6 is 0 Å². The standard InChI is InChI=1S/C14H27N3O3/c1-4-5-6-7-8-12(18)16-11(9-10(2)3)13(19)14(20)17-15/h10-11H,4-9,15H2,1-3H3,(H,16,18)(H,17,20). The first-order chi connectivity index (χ1) is 9.42. The maximum atomic E-state index is 11.8. The summed E-state index contributed by atoms with van der Waals surface area (Å²) in [6.45, 7) is 5.95. The molecule has 0 aromatic carbocycles. The van der Waals surface area contributed by atoms with Crippen LogP contribution in [0.15, 0.2) is 0 Å². The van der Waals surface area contributed by atoms with Crippen LogP contribution in [0.25, 0.3) is 0 Å². The Morgan fingerprint density at radius 3 is 2.25 bits per heavy atom. The molecule has 6 heteroatoms. The molecule has 0 bridgehead atoms. The number of hydrogen-bond donors (Lipinski definition) is 3. The van der Waals surface area contributed by atoms with E-state index in [0.29, 0.717) is 12.8 Å². The van der Waals surface area contributed by atoms with Gasteiger partial charge in [0.25, 0.3) is 0 Å². The lowest BCUT2D eigenvalue weighted by Crippen LogP contribution is -2.49. The molecule has 0 spiro atoms. The molecule has 4 N–H and O–H groups in total. The molecule has 1 unspecified atom stereocenters. The Morgan fingerprint density at radius 1 is 1.10 bits per heavy atom. The Balaban J connectivity index is 4.38. The first-order valence-corrected chi connectivity index (χ1v) is 7.26. The average molecular weight is 285 g/mol. The van der Waals surface area contributed by atoms with E-state index >= 15 is 0 Å². The predicted octanol–water partition coefficient (Wildman–Crippen LogP) is 1.05. The molecule has 0 heterocycles. The normalized spacial score (nSPS) is 12.1. The molecular formula is C14H27N3O3. The fourth-order valence-corrected chi connectivity index (χ4v) is 1.91. The van der Waals surface area contributed by atoms with Crippen molar-refractivity contribution < 1.29 is 14.4 Å². The second-order valence-corrected chi connectivity index (χ2v) is 5.40. The lowest BCUT2D eigenvalue weighted by molar-refractivity contribution is -0.140. The molecule has 0 aromatic heterocycles. The summed E-state index contributed by atoms with van der Waals surface area (Å²) < 4.78 is 0. The van der Waals surface area contributed by atoms with Crippen molar-refractivity contribution in [2.75, 3.05) is 0 Å². The van der Waals surface area contributed by atoms with Crippen LogP contribution in [0.2, 0.25) is 0 Å². The zero-order valence-corrected chi connectivity index (χ0v) is 12.7. The number of carbonyl (C=O) groups excluding carboxylic acids is 3. The third kappa shape index (κ3) is 7.89. The predicted molar refractivity (Wildman–Crippen MR) is 77.5 cm³/mol. The van der Waals surface area contributed by atoms with Gasteiger partial charge in [0.05, 0.1) is 6.04 Å². The first-order valence-electron chi connectivity index (χ1n) is 7.26. The zero-order chi connectivity index (χ0) is 15.5. The third-order valence-corrected chi connectivity index (χ3v) is 2.97. The number of amides is 2. The Labute approximate surface area is 120 Å². The van der Waals surface area contributed by atoms with Crippen molar-refractivity contribution in [2.24, 2.45) is 11.8 Å². The van der Waals surface area contributed by atoms with Crippen molar-refractivity contribution in [3.8, 4) is 0 Å². The van der Waals surface area contributed by atoms with Gasteiger partial charge in [-0.15, -0.1) is 0 Å². The zero-order valence-electron chi connectivity index (χ0n) is 12.7. The summed E-state index contributed by atoms with van der Waals surface area (Å²) in [5.74, 6) is 3.39. The van der Waals surface area contributed by atoms with E-state index in [1.807, 2.05) is 19.3 Å². The highest BCUT2D eigenvalue weighted by atomic mass is 16.2. The highest BCUT2D eigenvalue weighted by Gasteiger charge is 2.26. The van der Waals surface area contributed by atoms with E-state index in [1.54, 1.807) is 0 Å². The molecule has 0 aliphatic carbocycles. The highest BCUT2D eigenvalue weighted by Crippen LogP contribution is 2.08. The molecule has 0 rings (SSSR count). The van der Waals surface area contributed by atoms with Gasteiger partial charge in [0.15, 0.2) is 0 Å².